The van der Waals surface area contributed by atoms with Gasteiger partial charge in [-0.1, -0.05) is 18.9 Å². The zero-order valence-corrected chi connectivity index (χ0v) is 13.4. The minimum absolute atomic E-state index is 0.365. The van der Waals surface area contributed by atoms with E-state index >= 15 is 0 Å². The molecule has 1 saturated carbocycles. The van der Waals surface area contributed by atoms with Crippen LogP contribution < -0.4 is 14.8 Å². The van der Waals surface area contributed by atoms with Crippen molar-refractivity contribution in [3.8, 4) is 11.5 Å². The zero-order valence-electron chi connectivity index (χ0n) is 13.4. The van der Waals surface area contributed by atoms with E-state index in [1.165, 1.54) is 31.2 Å². The summed E-state index contributed by atoms with van der Waals surface area (Å²) in [5.74, 6) is 1.57. The molecule has 0 unspecified atom stereocenters. The predicted octanol–water partition coefficient (Wildman–Crippen LogP) is 2.79. The van der Waals surface area contributed by atoms with Crippen LogP contribution >= 0.6 is 0 Å². The second-order valence-corrected chi connectivity index (χ2v) is 5.56. The van der Waals surface area contributed by atoms with Crippen LogP contribution in [0.15, 0.2) is 18.2 Å². The third kappa shape index (κ3) is 4.35. The molecule has 0 bridgehead atoms. The van der Waals surface area contributed by atoms with E-state index in [0.717, 1.165) is 24.5 Å². The first-order valence-electron chi connectivity index (χ1n) is 7.75. The summed E-state index contributed by atoms with van der Waals surface area (Å²) >= 11 is 0. The fourth-order valence-electron chi connectivity index (χ4n) is 3.05. The Labute approximate surface area is 127 Å². The Balaban J connectivity index is 1.85. The molecule has 1 aromatic rings. The molecule has 2 atom stereocenters. The van der Waals surface area contributed by atoms with Gasteiger partial charge < -0.3 is 19.5 Å². The van der Waals surface area contributed by atoms with Gasteiger partial charge >= 0.3 is 0 Å². The standard InChI is InChI=1S/C17H27NO3/c1-19-15-7-5-4-6-14(15)18-11-10-13-8-9-16(20-2)17(12-13)21-3/h8-9,12,14-15,18H,4-7,10-11H2,1-3H3/t14-,15-/m0/s1. The quantitative estimate of drug-likeness (QED) is 0.839. The fourth-order valence-corrected chi connectivity index (χ4v) is 3.05. The van der Waals surface area contributed by atoms with Crippen molar-refractivity contribution in [3.63, 3.8) is 0 Å². The molecule has 2 rings (SSSR count). The van der Waals surface area contributed by atoms with Crippen LogP contribution in [0.3, 0.4) is 0 Å². The van der Waals surface area contributed by atoms with Gasteiger partial charge in [0.1, 0.15) is 0 Å². The van der Waals surface area contributed by atoms with Crippen molar-refractivity contribution < 1.29 is 14.2 Å². The van der Waals surface area contributed by atoms with Crippen LogP contribution in [0.25, 0.3) is 0 Å². The molecule has 1 aliphatic carbocycles. The van der Waals surface area contributed by atoms with E-state index in [2.05, 4.69) is 17.4 Å². The van der Waals surface area contributed by atoms with Gasteiger partial charge in [0.25, 0.3) is 0 Å². The van der Waals surface area contributed by atoms with Crippen LogP contribution in [0.1, 0.15) is 31.2 Å². The van der Waals surface area contributed by atoms with E-state index in [-0.39, 0.29) is 0 Å². The third-order valence-corrected chi connectivity index (χ3v) is 4.27. The molecule has 1 fully saturated rings. The molecule has 21 heavy (non-hydrogen) atoms. The zero-order chi connectivity index (χ0) is 15.1. The Morgan fingerprint density at radius 3 is 2.52 bits per heavy atom. The van der Waals surface area contributed by atoms with Gasteiger partial charge in [0.05, 0.1) is 20.3 Å². The number of hydrogen-bond acceptors (Lipinski definition) is 4. The number of rotatable bonds is 7. The maximum atomic E-state index is 5.57. The van der Waals surface area contributed by atoms with E-state index in [4.69, 9.17) is 14.2 Å². The number of benzene rings is 1. The minimum atomic E-state index is 0.365. The second-order valence-electron chi connectivity index (χ2n) is 5.56. The highest BCUT2D eigenvalue weighted by atomic mass is 16.5. The maximum Gasteiger partial charge on any atom is 0.160 e. The third-order valence-electron chi connectivity index (χ3n) is 4.27. The van der Waals surface area contributed by atoms with Gasteiger partial charge in [0.2, 0.25) is 0 Å². The summed E-state index contributed by atoms with van der Waals surface area (Å²) in [7, 11) is 5.15. The largest absolute Gasteiger partial charge is 0.493 e. The first kappa shape index (κ1) is 16.1. The molecule has 0 heterocycles. The van der Waals surface area contributed by atoms with Crippen LogP contribution in [0.4, 0.5) is 0 Å². The molecule has 1 aliphatic rings. The van der Waals surface area contributed by atoms with Gasteiger partial charge in [-0.3, -0.25) is 0 Å². The van der Waals surface area contributed by atoms with Crippen molar-refractivity contribution in [1.29, 1.82) is 0 Å². The number of nitrogens with one attached hydrogen (secondary N) is 1. The molecular weight excluding hydrogens is 266 g/mol. The summed E-state index contributed by atoms with van der Waals surface area (Å²) in [6, 6.07) is 6.60. The highest BCUT2D eigenvalue weighted by Crippen LogP contribution is 2.27. The van der Waals surface area contributed by atoms with Crippen molar-refractivity contribution in [2.45, 2.75) is 44.2 Å². The van der Waals surface area contributed by atoms with Crippen LogP contribution in [0.5, 0.6) is 11.5 Å². The normalized spacial score (nSPS) is 22.0. The first-order valence-corrected chi connectivity index (χ1v) is 7.75. The molecule has 4 nitrogen and oxygen atoms in total. The average molecular weight is 293 g/mol. The number of hydrogen-bond donors (Lipinski definition) is 1. The highest BCUT2D eigenvalue weighted by Gasteiger charge is 2.23. The summed E-state index contributed by atoms with van der Waals surface area (Å²) < 4.78 is 16.2. The molecule has 0 saturated heterocycles. The topological polar surface area (TPSA) is 39.7 Å². The Morgan fingerprint density at radius 2 is 1.81 bits per heavy atom. The smallest absolute Gasteiger partial charge is 0.160 e. The first-order chi connectivity index (χ1) is 10.3. The minimum Gasteiger partial charge on any atom is -0.493 e. The summed E-state index contributed by atoms with van der Waals surface area (Å²) in [6.45, 7) is 0.958. The maximum absolute atomic E-state index is 5.57. The predicted molar refractivity (Wildman–Crippen MR) is 84.3 cm³/mol. The van der Waals surface area contributed by atoms with Gasteiger partial charge in [0, 0.05) is 13.2 Å². The van der Waals surface area contributed by atoms with Crippen LogP contribution in [-0.4, -0.2) is 40.0 Å². The number of methoxy groups -OCH3 is 3. The molecule has 0 spiro atoms. The SMILES string of the molecule is COc1ccc(CCN[C@H]2CCCC[C@@H]2OC)cc1OC. The lowest BCUT2D eigenvalue weighted by Crippen LogP contribution is -2.43. The van der Waals surface area contributed by atoms with Crippen molar-refractivity contribution >= 4 is 0 Å². The van der Waals surface area contributed by atoms with E-state index in [1.54, 1.807) is 14.2 Å². The molecule has 4 heteroatoms. The van der Waals surface area contributed by atoms with Crippen molar-refractivity contribution in [1.82, 2.24) is 5.32 Å². The lowest BCUT2D eigenvalue weighted by Gasteiger charge is -2.31. The Kier molecular flexibility index (Phi) is 6.33. The van der Waals surface area contributed by atoms with Gasteiger partial charge in [-0.15, -0.1) is 0 Å². The van der Waals surface area contributed by atoms with E-state index in [9.17, 15) is 0 Å². The summed E-state index contributed by atoms with van der Waals surface area (Å²) in [5.41, 5.74) is 1.25. The van der Waals surface area contributed by atoms with Gasteiger partial charge in [0.15, 0.2) is 11.5 Å². The molecule has 1 aromatic carbocycles. The van der Waals surface area contributed by atoms with Crippen LogP contribution in [-0.2, 0) is 11.2 Å². The molecular formula is C17H27NO3. The Morgan fingerprint density at radius 1 is 1.05 bits per heavy atom. The Bertz CT molecular complexity index is 436. The van der Waals surface area contributed by atoms with Crippen molar-refractivity contribution in [2.24, 2.45) is 0 Å². The fraction of sp³-hybridized carbons (Fsp3) is 0.647. The summed E-state index contributed by atoms with van der Waals surface area (Å²) in [5, 5.41) is 3.64. The van der Waals surface area contributed by atoms with E-state index < -0.39 is 0 Å². The monoisotopic (exact) mass is 293 g/mol. The lowest BCUT2D eigenvalue weighted by molar-refractivity contribution is 0.0421. The molecule has 0 aliphatic heterocycles. The lowest BCUT2D eigenvalue weighted by atomic mass is 9.92. The summed E-state index contributed by atoms with van der Waals surface area (Å²) in [6.07, 6.45) is 6.31. The average Bonchev–Trinajstić information content (AvgIpc) is 2.55. The molecule has 0 amide bonds. The summed E-state index contributed by atoms with van der Waals surface area (Å²) in [4.78, 5) is 0. The van der Waals surface area contributed by atoms with E-state index in [0.29, 0.717) is 12.1 Å². The van der Waals surface area contributed by atoms with Crippen molar-refractivity contribution in [2.75, 3.05) is 27.9 Å². The van der Waals surface area contributed by atoms with Gasteiger partial charge in [-0.25, -0.2) is 0 Å². The number of ether oxygens (including phenoxy) is 3. The van der Waals surface area contributed by atoms with E-state index in [1.807, 2.05) is 13.2 Å². The van der Waals surface area contributed by atoms with Crippen LogP contribution in [0.2, 0.25) is 0 Å². The van der Waals surface area contributed by atoms with Gasteiger partial charge in [-0.2, -0.15) is 0 Å². The van der Waals surface area contributed by atoms with Gasteiger partial charge in [-0.05, 0) is 43.5 Å². The highest BCUT2D eigenvalue weighted by molar-refractivity contribution is 5.42. The molecule has 1 N–H and O–H groups in total. The Hall–Kier alpha value is -1.26. The molecule has 0 aromatic heterocycles. The van der Waals surface area contributed by atoms with Crippen LogP contribution in [0, 0.1) is 0 Å². The molecule has 0 radical (unpaired) electrons. The molecule has 118 valence electrons. The van der Waals surface area contributed by atoms with Crippen molar-refractivity contribution in [3.05, 3.63) is 23.8 Å². The second kappa shape index (κ2) is 8.25.